The maximum Gasteiger partial charge on any atom is 0.243 e. The standard InChI is InChI=1S/C13H19ClN2O4S2/c1-21(17,18)11-10-15-6-8-16(9-7-15)22(19,20)13-4-2-12(14)3-5-13/h2-5H,6-11H2,1H3. The number of piperazine rings is 1. The van der Waals surface area contributed by atoms with Gasteiger partial charge in [-0.1, -0.05) is 11.6 Å². The summed E-state index contributed by atoms with van der Waals surface area (Å²) in [5, 5.41) is 0.490. The van der Waals surface area contributed by atoms with Gasteiger partial charge in [-0.2, -0.15) is 4.31 Å². The SMILES string of the molecule is CS(=O)(=O)CCN1CCN(S(=O)(=O)c2ccc(Cl)cc2)CC1. The summed E-state index contributed by atoms with van der Waals surface area (Å²) >= 11 is 5.77. The van der Waals surface area contributed by atoms with Crippen molar-refractivity contribution in [1.82, 2.24) is 9.21 Å². The lowest BCUT2D eigenvalue weighted by Gasteiger charge is -2.33. The van der Waals surface area contributed by atoms with Crippen molar-refractivity contribution in [2.45, 2.75) is 4.90 Å². The lowest BCUT2D eigenvalue weighted by Crippen LogP contribution is -2.49. The van der Waals surface area contributed by atoms with Gasteiger partial charge in [0.2, 0.25) is 10.0 Å². The number of rotatable bonds is 5. The zero-order valence-corrected chi connectivity index (χ0v) is 14.7. The molecule has 0 N–H and O–H groups in total. The lowest BCUT2D eigenvalue weighted by molar-refractivity contribution is 0.197. The van der Waals surface area contributed by atoms with Crippen LogP contribution >= 0.6 is 11.6 Å². The van der Waals surface area contributed by atoms with E-state index in [2.05, 4.69) is 0 Å². The lowest BCUT2D eigenvalue weighted by atomic mass is 10.4. The molecule has 0 unspecified atom stereocenters. The molecule has 0 bridgehead atoms. The zero-order valence-electron chi connectivity index (χ0n) is 12.3. The number of hydrogen-bond donors (Lipinski definition) is 0. The highest BCUT2D eigenvalue weighted by Crippen LogP contribution is 2.19. The highest BCUT2D eigenvalue weighted by Gasteiger charge is 2.28. The van der Waals surface area contributed by atoms with Gasteiger partial charge in [0.25, 0.3) is 0 Å². The molecule has 124 valence electrons. The molecule has 1 fully saturated rings. The first-order chi connectivity index (χ1) is 10.2. The molecule has 0 amide bonds. The number of hydrogen-bond acceptors (Lipinski definition) is 5. The Hall–Kier alpha value is -0.670. The Morgan fingerprint density at radius 3 is 2.05 bits per heavy atom. The number of sulfonamides is 1. The molecule has 0 spiro atoms. The maximum atomic E-state index is 12.5. The third kappa shape index (κ3) is 4.66. The zero-order chi connectivity index (χ0) is 16.4. The third-order valence-electron chi connectivity index (χ3n) is 3.56. The molecule has 0 aliphatic carbocycles. The van der Waals surface area contributed by atoms with Gasteiger partial charge in [-0.3, -0.25) is 4.90 Å². The smallest absolute Gasteiger partial charge is 0.243 e. The largest absolute Gasteiger partial charge is 0.300 e. The van der Waals surface area contributed by atoms with E-state index in [1.807, 2.05) is 4.90 Å². The Labute approximate surface area is 136 Å². The molecule has 1 aliphatic rings. The minimum Gasteiger partial charge on any atom is -0.300 e. The Morgan fingerprint density at radius 1 is 1.00 bits per heavy atom. The molecule has 1 saturated heterocycles. The van der Waals surface area contributed by atoms with Crippen molar-refractivity contribution in [3.05, 3.63) is 29.3 Å². The van der Waals surface area contributed by atoms with E-state index in [1.165, 1.54) is 22.7 Å². The summed E-state index contributed by atoms with van der Waals surface area (Å²) < 4.78 is 48.7. The van der Waals surface area contributed by atoms with Gasteiger partial charge in [0.1, 0.15) is 9.84 Å². The van der Waals surface area contributed by atoms with Crippen molar-refractivity contribution in [2.75, 3.05) is 44.7 Å². The summed E-state index contributed by atoms with van der Waals surface area (Å²) in [7, 11) is -6.51. The van der Waals surface area contributed by atoms with Gasteiger partial charge >= 0.3 is 0 Å². The van der Waals surface area contributed by atoms with E-state index in [9.17, 15) is 16.8 Å². The van der Waals surface area contributed by atoms with E-state index >= 15 is 0 Å². The van der Waals surface area contributed by atoms with Crippen molar-refractivity contribution >= 4 is 31.5 Å². The molecule has 1 aromatic carbocycles. The van der Waals surface area contributed by atoms with Crippen LogP contribution in [0.15, 0.2) is 29.2 Å². The molecule has 9 heteroatoms. The van der Waals surface area contributed by atoms with Gasteiger partial charge in [-0.25, -0.2) is 16.8 Å². The van der Waals surface area contributed by atoms with E-state index in [-0.39, 0.29) is 10.6 Å². The first-order valence-corrected chi connectivity index (χ1v) is 10.7. The summed E-state index contributed by atoms with van der Waals surface area (Å²) in [6.07, 6.45) is 1.20. The quantitative estimate of drug-likeness (QED) is 0.766. The summed E-state index contributed by atoms with van der Waals surface area (Å²) in [6, 6.07) is 6.09. The highest BCUT2D eigenvalue weighted by atomic mass is 35.5. The third-order valence-corrected chi connectivity index (χ3v) is 6.65. The molecule has 0 saturated carbocycles. The van der Waals surface area contributed by atoms with E-state index in [1.54, 1.807) is 12.1 Å². The molecule has 6 nitrogen and oxygen atoms in total. The van der Waals surface area contributed by atoms with Crippen LogP contribution in [0.4, 0.5) is 0 Å². The normalized spacial score (nSPS) is 18.5. The van der Waals surface area contributed by atoms with Crippen molar-refractivity contribution < 1.29 is 16.8 Å². The molecule has 0 atom stereocenters. The minimum absolute atomic E-state index is 0.0942. The van der Waals surface area contributed by atoms with Crippen molar-refractivity contribution in [3.8, 4) is 0 Å². The van der Waals surface area contributed by atoms with Crippen LogP contribution in [0.3, 0.4) is 0 Å². The van der Waals surface area contributed by atoms with Crippen LogP contribution in [0, 0.1) is 0 Å². The van der Waals surface area contributed by atoms with Crippen LogP contribution in [0.1, 0.15) is 0 Å². The summed E-state index contributed by atoms with van der Waals surface area (Å²) in [5.74, 6) is 0.0942. The summed E-state index contributed by atoms with van der Waals surface area (Å²) in [6.45, 7) is 2.21. The molecule has 2 rings (SSSR count). The van der Waals surface area contributed by atoms with Crippen LogP contribution in [0.25, 0.3) is 0 Å². The Morgan fingerprint density at radius 2 is 1.55 bits per heavy atom. The fraction of sp³-hybridized carbons (Fsp3) is 0.538. The molecule has 0 radical (unpaired) electrons. The predicted molar refractivity (Wildman–Crippen MR) is 86.4 cm³/mol. The molecule has 1 heterocycles. The van der Waals surface area contributed by atoms with Gasteiger partial charge in [0.15, 0.2) is 0 Å². The Bertz CT molecular complexity index is 709. The van der Waals surface area contributed by atoms with Gasteiger partial charge < -0.3 is 0 Å². The van der Waals surface area contributed by atoms with Crippen molar-refractivity contribution in [1.29, 1.82) is 0 Å². The number of nitrogens with zero attached hydrogens (tertiary/aromatic N) is 2. The number of sulfone groups is 1. The average Bonchev–Trinajstić information content (AvgIpc) is 2.45. The Kier molecular flexibility index (Phi) is 5.50. The summed E-state index contributed by atoms with van der Waals surface area (Å²) in [4.78, 5) is 2.19. The second-order valence-corrected chi connectivity index (χ2v) is 9.96. The molecule has 1 aliphatic heterocycles. The number of benzene rings is 1. The average molecular weight is 367 g/mol. The van der Waals surface area contributed by atoms with Gasteiger partial charge in [0.05, 0.1) is 10.6 Å². The minimum atomic E-state index is -3.52. The second-order valence-electron chi connectivity index (χ2n) is 5.33. The Balaban J connectivity index is 1.97. The topological polar surface area (TPSA) is 74.8 Å². The van der Waals surface area contributed by atoms with Crippen LogP contribution in [0.5, 0.6) is 0 Å². The number of halogens is 1. The highest BCUT2D eigenvalue weighted by molar-refractivity contribution is 7.90. The molecular formula is C13H19ClN2O4S2. The van der Waals surface area contributed by atoms with Crippen molar-refractivity contribution in [3.63, 3.8) is 0 Å². The van der Waals surface area contributed by atoms with E-state index < -0.39 is 19.9 Å². The molecular weight excluding hydrogens is 348 g/mol. The van der Waals surface area contributed by atoms with E-state index in [0.717, 1.165) is 0 Å². The van der Waals surface area contributed by atoms with E-state index in [4.69, 9.17) is 11.6 Å². The molecule has 0 aromatic heterocycles. The van der Waals surface area contributed by atoms with Crippen molar-refractivity contribution in [2.24, 2.45) is 0 Å². The molecule has 1 aromatic rings. The van der Waals surface area contributed by atoms with Gasteiger partial charge in [-0.05, 0) is 24.3 Å². The van der Waals surface area contributed by atoms with Crippen LogP contribution < -0.4 is 0 Å². The molecule has 22 heavy (non-hydrogen) atoms. The predicted octanol–water partition coefficient (Wildman–Crippen LogP) is 0.691. The van der Waals surface area contributed by atoms with E-state index in [0.29, 0.717) is 37.7 Å². The monoisotopic (exact) mass is 366 g/mol. The fourth-order valence-electron chi connectivity index (χ4n) is 2.24. The van der Waals surface area contributed by atoms with Gasteiger partial charge in [0, 0.05) is 44.0 Å². The fourth-order valence-corrected chi connectivity index (χ4v) is 4.38. The second kappa shape index (κ2) is 6.84. The maximum absolute atomic E-state index is 12.5. The van der Waals surface area contributed by atoms with Crippen LogP contribution in [0.2, 0.25) is 5.02 Å². The summed E-state index contributed by atoms with van der Waals surface area (Å²) in [5.41, 5.74) is 0. The van der Waals surface area contributed by atoms with Gasteiger partial charge in [-0.15, -0.1) is 0 Å². The van der Waals surface area contributed by atoms with Crippen LogP contribution in [-0.4, -0.2) is 70.8 Å². The van der Waals surface area contributed by atoms with Crippen LogP contribution in [-0.2, 0) is 19.9 Å². The first kappa shape index (κ1) is 17.7. The first-order valence-electron chi connectivity index (χ1n) is 6.84.